The van der Waals surface area contributed by atoms with E-state index in [1.807, 2.05) is 6.92 Å². The normalized spacial score (nSPS) is 27.6. The van der Waals surface area contributed by atoms with Crippen LogP contribution >= 0.6 is 0 Å². The molecule has 0 saturated carbocycles. The lowest BCUT2D eigenvalue weighted by molar-refractivity contribution is -0.152. The first-order valence-corrected chi connectivity index (χ1v) is 6.32. The van der Waals surface area contributed by atoms with Gasteiger partial charge in [-0.25, -0.2) is 4.98 Å². The van der Waals surface area contributed by atoms with Crippen LogP contribution in [0.15, 0.2) is 6.33 Å². The molecule has 2 rings (SSSR count). The predicted molar refractivity (Wildman–Crippen MR) is 64.1 cm³/mol. The summed E-state index contributed by atoms with van der Waals surface area (Å²) in [6.45, 7) is 5.14. The molecule has 100 valence electrons. The molecule has 1 aromatic heterocycles. The van der Waals surface area contributed by atoms with Crippen LogP contribution in [-0.4, -0.2) is 38.6 Å². The lowest BCUT2D eigenvalue weighted by Crippen LogP contribution is -2.40. The molecule has 0 bridgehead atoms. The van der Waals surface area contributed by atoms with Gasteiger partial charge in [-0.3, -0.25) is 9.48 Å². The third-order valence-corrected chi connectivity index (χ3v) is 3.72. The summed E-state index contributed by atoms with van der Waals surface area (Å²) in [6.07, 6.45) is 3.05. The molecular weight excluding hydrogens is 234 g/mol. The molecule has 6 nitrogen and oxygen atoms in total. The molecule has 0 radical (unpaired) electrons. The summed E-state index contributed by atoms with van der Waals surface area (Å²) in [6, 6.07) is 0. The maximum atomic E-state index is 11.6. The average Bonchev–Trinajstić information content (AvgIpc) is 2.89. The molecular formula is C12H19N3O3. The van der Waals surface area contributed by atoms with Gasteiger partial charge in [0.25, 0.3) is 0 Å². The van der Waals surface area contributed by atoms with Crippen molar-refractivity contribution in [3.8, 4) is 0 Å². The molecule has 2 atom stereocenters. The van der Waals surface area contributed by atoms with E-state index < -0.39 is 11.4 Å². The first kappa shape index (κ1) is 13.0. The molecule has 18 heavy (non-hydrogen) atoms. The summed E-state index contributed by atoms with van der Waals surface area (Å²) in [4.78, 5) is 15.8. The first-order valence-electron chi connectivity index (χ1n) is 6.32. The van der Waals surface area contributed by atoms with Gasteiger partial charge in [0.1, 0.15) is 17.6 Å². The zero-order valence-corrected chi connectivity index (χ0v) is 10.8. The van der Waals surface area contributed by atoms with E-state index in [2.05, 4.69) is 17.0 Å². The number of hydrogen-bond acceptors (Lipinski definition) is 4. The zero-order valence-electron chi connectivity index (χ0n) is 10.8. The molecule has 1 saturated heterocycles. The van der Waals surface area contributed by atoms with Crippen molar-refractivity contribution in [2.45, 2.75) is 45.8 Å². The Hall–Kier alpha value is -1.43. The van der Waals surface area contributed by atoms with Crippen molar-refractivity contribution in [1.82, 2.24) is 14.8 Å². The molecule has 2 unspecified atom stereocenters. The molecule has 2 heterocycles. The Balaban J connectivity index is 2.24. The van der Waals surface area contributed by atoms with E-state index in [0.717, 1.165) is 18.8 Å². The minimum atomic E-state index is -0.863. The Kier molecular flexibility index (Phi) is 3.65. The summed E-state index contributed by atoms with van der Waals surface area (Å²) in [5.74, 6) is -0.0739. The van der Waals surface area contributed by atoms with E-state index in [-0.39, 0.29) is 6.10 Å². The molecule has 1 aliphatic rings. The molecule has 0 aromatic carbocycles. The fraction of sp³-hybridized carbons (Fsp3) is 0.750. The molecule has 1 aromatic rings. The Morgan fingerprint density at radius 2 is 2.50 bits per heavy atom. The molecule has 1 aliphatic heterocycles. The second-order valence-corrected chi connectivity index (χ2v) is 4.80. The van der Waals surface area contributed by atoms with E-state index in [1.54, 1.807) is 4.68 Å². The Morgan fingerprint density at radius 3 is 3.06 bits per heavy atom. The molecule has 1 fully saturated rings. The maximum absolute atomic E-state index is 11.6. The van der Waals surface area contributed by atoms with Crippen LogP contribution in [0.4, 0.5) is 0 Å². The maximum Gasteiger partial charge on any atom is 0.312 e. The van der Waals surface area contributed by atoms with E-state index in [1.165, 1.54) is 6.33 Å². The van der Waals surface area contributed by atoms with Gasteiger partial charge in [0, 0.05) is 19.6 Å². The smallest absolute Gasteiger partial charge is 0.312 e. The Labute approximate surface area is 106 Å². The van der Waals surface area contributed by atoms with E-state index >= 15 is 0 Å². The minimum Gasteiger partial charge on any atom is -0.481 e. The van der Waals surface area contributed by atoms with Gasteiger partial charge in [-0.05, 0) is 19.8 Å². The number of carboxylic acids is 1. The van der Waals surface area contributed by atoms with Gasteiger partial charge in [0.2, 0.25) is 0 Å². The van der Waals surface area contributed by atoms with Gasteiger partial charge in [-0.15, -0.1) is 0 Å². The van der Waals surface area contributed by atoms with Gasteiger partial charge in [-0.2, -0.15) is 5.10 Å². The minimum absolute atomic E-state index is 0.290. The third kappa shape index (κ3) is 2.12. The second-order valence-electron chi connectivity index (χ2n) is 4.80. The molecule has 0 amide bonds. The summed E-state index contributed by atoms with van der Waals surface area (Å²) in [5, 5.41) is 13.7. The number of rotatable bonds is 5. The van der Waals surface area contributed by atoms with Crippen molar-refractivity contribution in [2.24, 2.45) is 5.41 Å². The molecule has 0 spiro atoms. The zero-order chi connectivity index (χ0) is 13.2. The topological polar surface area (TPSA) is 77.2 Å². The fourth-order valence-electron chi connectivity index (χ4n) is 2.47. The SMILES string of the molecule is CCCn1ncnc1CC1(C(=O)O)CCOC1C. The molecule has 0 aliphatic carbocycles. The third-order valence-electron chi connectivity index (χ3n) is 3.72. The van der Waals surface area contributed by atoms with Crippen LogP contribution in [0.5, 0.6) is 0 Å². The number of carboxylic acid groups (broad SMARTS) is 1. The number of aliphatic carboxylic acids is 1. The number of aryl methyl sites for hydroxylation is 1. The van der Waals surface area contributed by atoms with Crippen molar-refractivity contribution in [1.29, 1.82) is 0 Å². The quantitative estimate of drug-likeness (QED) is 0.850. The fourth-order valence-corrected chi connectivity index (χ4v) is 2.47. The van der Waals surface area contributed by atoms with Crippen LogP contribution in [0.25, 0.3) is 0 Å². The standard InChI is InChI=1S/C12H19N3O3/c1-3-5-15-10(13-8-14-15)7-12(11(16)17)4-6-18-9(12)2/h8-9H,3-7H2,1-2H3,(H,16,17). The number of ether oxygens (including phenoxy) is 1. The highest BCUT2D eigenvalue weighted by molar-refractivity contribution is 5.76. The van der Waals surface area contributed by atoms with Crippen LogP contribution in [0.2, 0.25) is 0 Å². The van der Waals surface area contributed by atoms with Gasteiger partial charge in [-0.1, -0.05) is 6.92 Å². The van der Waals surface area contributed by atoms with Crippen molar-refractivity contribution < 1.29 is 14.6 Å². The van der Waals surface area contributed by atoms with E-state index in [4.69, 9.17) is 4.74 Å². The summed E-state index contributed by atoms with van der Waals surface area (Å²) in [7, 11) is 0. The van der Waals surface area contributed by atoms with Gasteiger partial charge in [0.15, 0.2) is 0 Å². The van der Waals surface area contributed by atoms with Crippen LogP contribution in [0, 0.1) is 5.41 Å². The van der Waals surface area contributed by atoms with Crippen LogP contribution in [-0.2, 0) is 22.5 Å². The van der Waals surface area contributed by atoms with Crippen molar-refractivity contribution in [3.63, 3.8) is 0 Å². The summed E-state index contributed by atoms with van der Waals surface area (Å²) >= 11 is 0. The van der Waals surface area contributed by atoms with Crippen molar-refractivity contribution in [2.75, 3.05) is 6.61 Å². The first-order chi connectivity index (χ1) is 8.60. The lowest BCUT2D eigenvalue weighted by Gasteiger charge is -2.26. The van der Waals surface area contributed by atoms with Gasteiger partial charge in [0.05, 0.1) is 6.10 Å². The number of carbonyl (C=O) groups is 1. The van der Waals surface area contributed by atoms with E-state index in [0.29, 0.717) is 19.4 Å². The van der Waals surface area contributed by atoms with Crippen LogP contribution < -0.4 is 0 Å². The molecule has 6 heteroatoms. The van der Waals surface area contributed by atoms with Crippen LogP contribution in [0.1, 0.15) is 32.5 Å². The lowest BCUT2D eigenvalue weighted by atomic mass is 9.78. The second kappa shape index (κ2) is 5.06. The average molecular weight is 253 g/mol. The number of hydrogen-bond donors (Lipinski definition) is 1. The largest absolute Gasteiger partial charge is 0.481 e. The Morgan fingerprint density at radius 1 is 1.72 bits per heavy atom. The highest BCUT2D eigenvalue weighted by atomic mass is 16.5. The highest BCUT2D eigenvalue weighted by Gasteiger charge is 2.49. The van der Waals surface area contributed by atoms with Gasteiger partial charge >= 0.3 is 5.97 Å². The van der Waals surface area contributed by atoms with E-state index in [9.17, 15) is 9.90 Å². The summed E-state index contributed by atoms with van der Waals surface area (Å²) < 4.78 is 7.23. The predicted octanol–water partition coefficient (Wildman–Crippen LogP) is 1.11. The van der Waals surface area contributed by atoms with Crippen molar-refractivity contribution in [3.05, 3.63) is 12.2 Å². The monoisotopic (exact) mass is 253 g/mol. The molecule has 1 N–H and O–H groups in total. The van der Waals surface area contributed by atoms with Crippen molar-refractivity contribution >= 4 is 5.97 Å². The highest BCUT2D eigenvalue weighted by Crippen LogP contribution is 2.38. The Bertz CT molecular complexity index is 432. The van der Waals surface area contributed by atoms with Gasteiger partial charge < -0.3 is 9.84 Å². The number of nitrogens with zero attached hydrogens (tertiary/aromatic N) is 3. The van der Waals surface area contributed by atoms with Crippen LogP contribution in [0.3, 0.4) is 0 Å². The summed E-state index contributed by atoms with van der Waals surface area (Å²) in [5.41, 5.74) is -0.863. The number of aromatic nitrogens is 3.